The predicted molar refractivity (Wildman–Crippen MR) is 96.4 cm³/mol. The summed E-state index contributed by atoms with van der Waals surface area (Å²) in [6.07, 6.45) is -16.8. The average Bonchev–Trinajstić information content (AvgIpc) is 3.45. The fraction of sp³-hybridized carbons (Fsp3) is 0.810. The van der Waals surface area contributed by atoms with Crippen molar-refractivity contribution in [2.45, 2.75) is 68.0 Å². The first-order valence-corrected chi connectivity index (χ1v) is 10.7. The lowest BCUT2D eigenvalue weighted by Crippen LogP contribution is -2.62. The average molecular weight is 534 g/mol. The van der Waals surface area contributed by atoms with Crippen LogP contribution in [0, 0.1) is 35.5 Å². The molecule has 2 fully saturated rings. The summed E-state index contributed by atoms with van der Waals surface area (Å²) < 4.78 is 151. The zero-order valence-electron chi connectivity index (χ0n) is 17.7. The van der Waals surface area contributed by atoms with Crippen LogP contribution in [0.1, 0.15) is 32.1 Å². The number of allylic oxidation sites excluding steroid dienone is 4. The Morgan fingerprint density at radius 2 is 0.971 bits per heavy atom. The van der Waals surface area contributed by atoms with Crippen LogP contribution in [-0.4, -0.2) is 46.1 Å². The summed E-state index contributed by atoms with van der Waals surface area (Å²) in [5.41, 5.74) is -9.19. The minimum atomic E-state index is -5.70. The molecule has 0 spiro atoms. The second-order valence-corrected chi connectivity index (χ2v) is 9.75. The van der Waals surface area contributed by atoms with E-state index in [2.05, 4.69) is 0 Å². The van der Waals surface area contributed by atoms with Crippen molar-refractivity contribution in [3.05, 3.63) is 24.3 Å². The van der Waals surface area contributed by atoms with Crippen molar-refractivity contribution in [3.63, 3.8) is 0 Å². The second-order valence-electron chi connectivity index (χ2n) is 9.75. The highest BCUT2D eigenvalue weighted by Crippen LogP contribution is 2.58. The van der Waals surface area contributed by atoms with Crippen molar-refractivity contribution in [2.75, 3.05) is 0 Å². The monoisotopic (exact) mass is 534 g/mol. The van der Waals surface area contributed by atoms with Crippen LogP contribution in [0.4, 0.5) is 52.7 Å². The van der Waals surface area contributed by atoms with E-state index in [1.165, 1.54) is 6.08 Å². The third kappa shape index (κ3) is 4.80. The first-order chi connectivity index (χ1) is 15.6. The lowest BCUT2D eigenvalue weighted by atomic mass is 9.77. The predicted octanol–water partition coefficient (Wildman–Crippen LogP) is 6.50. The van der Waals surface area contributed by atoms with Gasteiger partial charge in [-0.3, -0.25) is 0 Å². The summed E-state index contributed by atoms with van der Waals surface area (Å²) in [6, 6.07) is 0. The SMILES string of the molecule is OC(C1CC2C=CC1C2)(C(F)(F)F)C(F)(F)F.OC(CC1CC2C=CC1C2)(C(F)(F)F)C(F)(F)F. The number of hydrogen-bond acceptors (Lipinski definition) is 2. The van der Waals surface area contributed by atoms with Crippen LogP contribution in [0.5, 0.6) is 0 Å². The molecule has 0 radical (unpaired) electrons. The van der Waals surface area contributed by atoms with Crippen molar-refractivity contribution in [2.24, 2.45) is 35.5 Å². The van der Waals surface area contributed by atoms with Gasteiger partial charge in [0.2, 0.25) is 0 Å². The lowest BCUT2D eigenvalue weighted by Gasteiger charge is -2.39. The van der Waals surface area contributed by atoms with Gasteiger partial charge in [0.15, 0.2) is 0 Å². The van der Waals surface area contributed by atoms with Gasteiger partial charge in [0.05, 0.1) is 0 Å². The molecular weight excluding hydrogens is 512 g/mol. The van der Waals surface area contributed by atoms with E-state index in [4.69, 9.17) is 5.11 Å². The van der Waals surface area contributed by atoms with E-state index in [0.29, 0.717) is 6.42 Å². The van der Waals surface area contributed by atoms with Gasteiger partial charge >= 0.3 is 24.7 Å². The van der Waals surface area contributed by atoms with Gasteiger partial charge in [-0.25, -0.2) is 0 Å². The Hall–Kier alpha value is -1.44. The van der Waals surface area contributed by atoms with Gasteiger partial charge in [0.1, 0.15) is 0 Å². The normalized spacial score (nSPS) is 32.9. The molecule has 0 aromatic carbocycles. The number of alkyl halides is 12. The molecule has 4 aliphatic carbocycles. The third-order valence-electron chi connectivity index (χ3n) is 7.59. The Morgan fingerprint density at radius 1 is 0.543 bits per heavy atom. The molecule has 35 heavy (non-hydrogen) atoms. The summed E-state index contributed by atoms with van der Waals surface area (Å²) in [6.45, 7) is 0. The summed E-state index contributed by atoms with van der Waals surface area (Å²) >= 11 is 0. The zero-order chi connectivity index (χ0) is 26.8. The highest BCUT2D eigenvalue weighted by molar-refractivity contribution is 5.17. The molecule has 0 aromatic heterocycles. The molecule has 6 unspecified atom stereocenters. The van der Waals surface area contributed by atoms with Gasteiger partial charge in [0.25, 0.3) is 11.2 Å². The highest BCUT2D eigenvalue weighted by atomic mass is 19.4. The van der Waals surface area contributed by atoms with Crippen molar-refractivity contribution in [1.82, 2.24) is 0 Å². The van der Waals surface area contributed by atoms with Crippen LogP contribution in [-0.2, 0) is 0 Å². The van der Waals surface area contributed by atoms with Gasteiger partial charge in [-0.15, -0.1) is 0 Å². The zero-order valence-corrected chi connectivity index (χ0v) is 17.7. The summed E-state index contributed by atoms with van der Waals surface area (Å²) in [5.74, 6) is -3.91. The molecule has 6 atom stereocenters. The highest BCUT2D eigenvalue weighted by Gasteiger charge is 2.75. The molecule has 0 aliphatic heterocycles. The van der Waals surface area contributed by atoms with E-state index in [9.17, 15) is 57.8 Å². The largest absolute Gasteiger partial charge is 0.426 e. The van der Waals surface area contributed by atoms with E-state index in [-0.39, 0.29) is 37.0 Å². The van der Waals surface area contributed by atoms with Gasteiger partial charge in [-0.1, -0.05) is 24.3 Å². The first-order valence-electron chi connectivity index (χ1n) is 10.7. The van der Waals surface area contributed by atoms with E-state index >= 15 is 0 Å². The molecular formula is C21H22F12O2. The Kier molecular flexibility index (Phi) is 6.88. The summed E-state index contributed by atoms with van der Waals surface area (Å²) in [4.78, 5) is 0. The maximum Gasteiger partial charge on any atom is 0.426 e. The van der Waals surface area contributed by atoms with Gasteiger partial charge in [-0.05, 0) is 61.7 Å². The molecule has 0 saturated heterocycles. The van der Waals surface area contributed by atoms with Crippen LogP contribution in [0.2, 0.25) is 0 Å². The standard InChI is InChI=1S/C11H12F6O.C10H10F6O/c12-10(13,14)9(18,11(15,16)17)5-8-4-6-1-2-7(8)3-6;11-9(12,13)8(17,10(14,15)16)7-4-5-1-2-6(7)3-5/h1-2,6-8,18H,3-5H2;1-2,5-7,17H,3-4H2. The molecule has 2 saturated carbocycles. The minimum Gasteiger partial charge on any atom is -0.374 e. The smallest absolute Gasteiger partial charge is 0.374 e. The molecule has 2 N–H and O–H groups in total. The lowest BCUT2D eigenvalue weighted by molar-refractivity contribution is -0.387. The molecule has 2 nitrogen and oxygen atoms in total. The second kappa shape index (κ2) is 8.56. The summed E-state index contributed by atoms with van der Waals surface area (Å²) in [7, 11) is 0. The fourth-order valence-electron chi connectivity index (χ4n) is 5.74. The van der Waals surface area contributed by atoms with Gasteiger partial charge in [0, 0.05) is 5.92 Å². The molecule has 14 heteroatoms. The quantitative estimate of drug-likeness (QED) is 0.321. The van der Waals surface area contributed by atoms with Crippen LogP contribution in [0.3, 0.4) is 0 Å². The van der Waals surface area contributed by atoms with Crippen LogP contribution in [0.15, 0.2) is 24.3 Å². The number of aliphatic hydroxyl groups is 2. The van der Waals surface area contributed by atoms with Crippen LogP contribution in [0.25, 0.3) is 0 Å². The Bertz CT molecular complexity index is 807. The molecule has 4 aliphatic rings. The molecule has 0 amide bonds. The van der Waals surface area contributed by atoms with Gasteiger partial charge < -0.3 is 10.2 Å². The van der Waals surface area contributed by atoms with Crippen molar-refractivity contribution >= 4 is 0 Å². The molecule has 4 bridgehead atoms. The molecule has 0 aromatic rings. The fourth-order valence-corrected chi connectivity index (χ4v) is 5.74. The maximum atomic E-state index is 12.6. The number of halogens is 12. The van der Waals surface area contributed by atoms with Crippen molar-refractivity contribution in [3.8, 4) is 0 Å². The Balaban J connectivity index is 0.000000196. The number of hydrogen-bond donors (Lipinski definition) is 2. The van der Waals surface area contributed by atoms with E-state index in [0.717, 1.165) is 0 Å². The van der Waals surface area contributed by atoms with Crippen LogP contribution >= 0.6 is 0 Å². The third-order valence-corrected chi connectivity index (χ3v) is 7.59. The molecule has 202 valence electrons. The Morgan fingerprint density at radius 3 is 1.26 bits per heavy atom. The van der Waals surface area contributed by atoms with Crippen LogP contribution < -0.4 is 0 Å². The van der Waals surface area contributed by atoms with Crippen molar-refractivity contribution < 1.29 is 62.9 Å². The summed E-state index contributed by atoms with van der Waals surface area (Å²) in [5, 5.41) is 18.3. The van der Waals surface area contributed by atoms with E-state index < -0.39 is 60.1 Å². The Labute approximate surface area is 191 Å². The first kappa shape index (κ1) is 28.1. The van der Waals surface area contributed by atoms with E-state index in [1.807, 2.05) is 6.08 Å². The number of rotatable bonds is 3. The number of fused-ring (bicyclic) bond motifs is 4. The van der Waals surface area contributed by atoms with Crippen molar-refractivity contribution in [1.29, 1.82) is 0 Å². The molecule has 4 rings (SSSR count). The van der Waals surface area contributed by atoms with E-state index in [1.54, 1.807) is 12.2 Å². The molecule has 0 heterocycles. The minimum absolute atomic E-state index is 0.0608. The topological polar surface area (TPSA) is 40.5 Å². The van der Waals surface area contributed by atoms with Gasteiger partial charge in [-0.2, -0.15) is 52.7 Å². The maximum absolute atomic E-state index is 12.6.